The maximum absolute atomic E-state index is 13.2. The first-order valence-electron chi connectivity index (χ1n) is 8.77. The van der Waals surface area contributed by atoms with Crippen molar-refractivity contribution in [3.63, 3.8) is 0 Å². The third kappa shape index (κ3) is 3.47. The molecule has 4 nitrogen and oxygen atoms in total. The second-order valence-corrected chi connectivity index (χ2v) is 7.70. The fourth-order valence-corrected chi connectivity index (χ4v) is 3.95. The zero-order valence-corrected chi connectivity index (χ0v) is 14.6. The zero-order chi connectivity index (χ0) is 17.4. The van der Waals surface area contributed by atoms with Gasteiger partial charge in [0, 0.05) is 19.6 Å². The van der Waals surface area contributed by atoms with Gasteiger partial charge >= 0.3 is 0 Å². The van der Waals surface area contributed by atoms with Crippen molar-refractivity contribution in [2.45, 2.75) is 43.1 Å². The number of carbonyl (C=O) groups is 1. The minimum absolute atomic E-state index is 0.142. The molecule has 2 aliphatic rings. The van der Waals surface area contributed by atoms with E-state index in [1.54, 1.807) is 12.1 Å². The molecule has 2 fully saturated rings. The lowest BCUT2D eigenvalue weighted by Crippen LogP contribution is -2.43. The molecule has 132 valence electrons. The molecule has 5 heteroatoms. The van der Waals surface area contributed by atoms with Gasteiger partial charge in [-0.05, 0) is 63.9 Å². The van der Waals surface area contributed by atoms with Gasteiger partial charge in [0.1, 0.15) is 5.82 Å². The molecule has 1 saturated carbocycles. The molecule has 0 unspecified atom stereocenters. The number of rotatable bonds is 4. The van der Waals surface area contributed by atoms with Crippen LogP contribution in [0, 0.1) is 5.82 Å². The van der Waals surface area contributed by atoms with E-state index in [2.05, 4.69) is 0 Å². The van der Waals surface area contributed by atoms with Crippen LogP contribution in [0.2, 0.25) is 0 Å². The summed E-state index contributed by atoms with van der Waals surface area (Å²) >= 11 is 0. The molecule has 1 saturated heterocycles. The predicted octanol–water partition coefficient (Wildman–Crippen LogP) is 2.16. The number of carbonyl (C=O) groups excluding carboxylic acids is 1. The second kappa shape index (κ2) is 6.45. The van der Waals surface area contributed by atoms with Gasteiger partial charge in [-0.3, -0.25) is 4.79 Å². The van der Waals surface area contributed by atoms with Crippen LogP contribution in [0.3, 0.4) is 0 Å². The Bertz CT molecular complexity index is 598. The molecule has 1 aliphatic carbocycles. The van der Waals surface area contributed by atoms with Gasteiger partial charge < -0.3 is 14.9 Å². The number of halogens is 1. The molecule has 1 atom stereocenters. The first kappa shape index (κ1) is 17.4. The van der Waals surface area contributed by atoms with Crippen molar-refractivity contribution in [2.75, 3.05) is 33.7 Å². The Morgan fingerprint density at radius 1 is 1.17 bits per heavy atom. The molecule has 0 bridgehead atoms. The van der Waals surface area contributed by atoms with Crippen LogP contribution < -0.4 is 0 Å². The first-order chi connectivity index (χ1) is 11.3. The van der Waals surface area contributed by atoms with Gasteiger partial charge in [0.05, 0.1) is 11.0 Å². The van der Waals surface area contributed by atoms with Crippen LogP contribution in [0.5, 0.6) is 0 Å². The molecular weight excluding hydrogens is 307 g/mol. The van der Waals surface area contributed by atoms with E-state index in [0.29, 0.717) is 26.1 Å². The van der Waals surface area contributed by atoms with Crippen molar-refractivity contribution in [1.29, 1.82) is 0 Å². The molecular formula is C19H27FN2O2. The van der Waals surface area contributed by atoms with Crippen molar-refractivity contribution in [2.24, 2.45) is 0 Å². The molecule has 1 aromatic rings. The van der Waals surface area contributed by atoms with Crippen LogP contribution in [0.4, 0.5) is 4.39 Å². The highest BCUT2D eigenvalue weighted by atomic mass is 19.1. The molecule has 24 heavy (non-hydrogen) atoms. The van der Waals surface area contributed by atoms with E-state index in [-0.39, 0.29) is 11.7 Å². The Kier molecular flexibility index (Phi) is 4.67. The smallest absolute Gasteiger partial charge is 0.233 e. The molecule has 1 aromatic carbocycles. The summed E-state index contributed by atoms with van der Waals surface area (Å²) in [6.45, 7) is 1.90. The van der Waals surface area contributed by atoms with E-state index in [9.17, 15) is 14.3 Å². The van der Waals surface area contributed by atoms with E-state index < -0.39 is 11.0 Å². The molecule has 1 amide bonds. The fraction of sp³-hybridized carbons (Fsp3) is 0.632. The molecule has 0 radical (unpaired) electrons. The summed E-state index contributed by atoms with van der Waals surface area (Å²) in [5.74, 6) is -0.131. The monoisotopic (exact) mass is 334 g/mol. The SMILES string of the molecule is CN(C)C[C@]1(O)CCCN(C(=O)C2(c3ccc(F)cc3)CC2)CC1. The summed E-state index contributed by atoms with van der Waals surface area (Å²) < 4.78 is 13.2. The summed E-state index contributed by atoms with van der Waals surface area (Å²) in [6.07, 6.45) is 3.80. The second-order valence-electron chi connectivity index (χ2n) is 7.70. The predicted molar refractivity (Wildman–Crippen MR) is 91.2 cm³/mol. The molecule has 0 spiro atoms. The van der Waals surface area contributed by atoms with Crippen molar-refractivity contribution in [3.05, 3.63) is 35.6 Å². The summed E-state index contributed by atoms with van der Waals surface area (Å²) in [7, 11) is 3.92. The van der Waals surface area contributed by atoms with Crippen molar-refractivity contribution >= 4 is 5.91 Å². The van der Waals surface area contributed by atoms with Gasteiger partial charge in [0.25, 0.3) is 0 Å². The van der Waals surface area contributed by atoms with Gasteiger partial charge in [0.15, 0.2) is 0 Å². The number of aliphatic hydroxyl groups is 1. The Labute approximate surface area is 143 Å². The topological polar surface area (TPSA) is 43.8 Å². The highest BCUT2D eigenvalue weighted by Gasteiger charge is 2.53. The van der Waals surface area contributed by atoms with Gasteiger partial charge in [-0.2, -0.15) is 0 Å². The molecule has 1 aliphatic heterocycles. The third-order valence-corrected chi connectivity index (χ3v) is 5.37. The van der Waals surface area contributed by atoms with Crippen molar-refractivity contribution in [1.82, 2.24) is 9.80 Å². The zero-order valence-electron chi connectivity index (χ0n) is 14.6. The Morgan fingerprint density at radius 2 is 1.83 bits per heavy atom. The van der Waals surface area contributed by atoms with E-state index in [4.69, 9.17) is 0 Å². The lowest BCUT2D eigenvalue weighted by Gasteiger charge is -2.30. The van der Waals surface area contributed by atoms with Crippen LogP contribution in [-0.4, -0.2) is 60.1 Å². The number of hydrogen-bond acceptors (Lipinski definition) is 3. The first-order valence-corrected chi connectivity index (χ1v) is 8.77. The Morgan fingerprint density at radius 3 is 2.42 bits per heavy atom. The number of benzene rings is 1. The summed E-state index contributed by atoms with van der Waals surface area (Å²) in [4.78, 5) is 17.0. The quantitative estimate of drug-likeness (QED) is 0.918. The summed E-state index contributed by atoms with van der Waals surface area (Å²) in [6, 6.07) is 6.34. The van der Waals surface area contributed by atoms with Crippen LogP contribution in [0.15, 0.2) is 24.3 Å². The molecule has 0 aromatic heterocycles. The van der Waals surface area contributed by atoms with E-state index in [1.807, 2.05) is 23.9 Å². The highest BCUT2D eigenvalue weighted by molar-refractivity contribution is 5.91. The minimum atomic E-state index is -0.717. The number of nitrogens with zero attached hydrogens (tertiary/aromatic N) is 2. The van der Waals surface area contributed by atoms with Crippen LogP contribution in [0.25, 0.3) is 0 Å². The van der Waals surface area contributed by atoms with Crippen LogP contribution >= 0.6 is 0 Å². The minimum Gasteiger partial charge on any atom is -0.388 e. The van der Waals surface area contributed by atoms with Crippen molar-refractivity contribution < 1.29 is 14.3 Å². The van der Waals surface area contributed by atoms with E-state index >= 15 is 0 Å². The van der Waals surface area contributed by atoms with E-state index in [0.717, 1.165) is 31.2 Å². The molecule has 1 heterocycles. The molecule has 1 N–H and O–H groups in total. The maximum atomic E-state index is 13.2. The summed E-state index contributed by atoms with van der Waals surface area (Å²) in [5.41, 5.74) is -0.260. The van der Waals surface area contributed by atoms with Crippen molar-refractivity contribution in [3.8, 4) is 0 Å². The number of likely N-dealkylation sites (tertiary alicyclic amines) is 1. The average molecular weight is 334 g/mol. The number of hydrogen-bond donors (Lipinski definition) is 1. The average Bonchev–Trinajstić information content (AvgIpc) is 3.32. The largest absolute Gasteiger partial charge is 0.388 e. The Balaban J connectivity index is 1.70. The van der Waals surface area contributed by atoms with Gasteiger partial charge in [0.2, 0.25) is 5.91 Å². The third-order valence-electron chi connectivity index (χ3n) is 5.37. The Hall–Kier alpha value is -1.46. The van der Waals surface area contributed by atoms with Crippen LogP contribution in [-0.2, 0) is 10.2 Å². The number of likely N-dealkylation sites (N-methyl/N-ethyl adjacent to an activating group) is 1. The summed E-state index contributed by atoms with van der Waals surface area (Å²) in [5, 5.41) is 10.8. The fourth-order valence-electron chi connectivity index (χ4n) is 3.95. The highest BCUT2D eigenvalue weighted by Crippen LogP contribution is 2.50. The van der Waals surface area contributed by atoms with Crippen LogP contribution in [0.1, 0.15) is 37.7 Å². The lowest BCUT2D eigenvalue weighted by molar-refractivity contribution is -0.134. The lowest BCUT2D eigenvalue weighted by atomic mass is 9.93. The van der Waals surface area contributed by atoms with E-state index in [1.165, 1.54) is 12.1 Å². The standard InChI is InChI=1S/C19H27FN2O2/c1-21(2)14-18(24)8-3-12-22(13-11-18)17(23)19(9-10-19)15-4-6-16(20)7-5-15/h4-7,24H,3,8-14H2,1-2H3/t18-/m0/s1. The maximum Gasteiger partial charge on any atom is 0.233 e. The van der Waals surface area contributed by atoms with Gasteiger partial charge in [-0.1, -0.05) is 12.1 Å². The molecule has 3 rings (SSSR count). The van der Waals surface area contributed by atoms with Gasteiger partial charge in [-0.15, -0.1) is 0 Å². The number of amides is 1. The van der Waals surface area contributed by atoms with Gasteiger partial charge in [-0.25, -0.2) is 4.39 Å². The normalized spacial score (nSPS) is 26.3.